The molecule has 2 heteroatoms. The molecule has 34 heavy (non-hydrogen) atoms. The van der Waals surface area contributed by atoms with Crippen LogP contribution in [0.3, 0.4) is 0 Å². The van der Waals surface area contributed by atoms with Crippen LogP contribution in [-0.2, 0) is 12.6 Å². The molecule has 0 heterocycles. The summed E-state index contributed by atoms with van der Waals surface area (Å²) in [5.41, 5.74) is 6.89. The second-order valence-electron chi connectivity index (χ2n) is 8.32. The summed E-state index contributed by atoms with van der Waals surface area (Å²) in [6.07, 6.45) is 0. The fourth-order valence-electron chi connectivity index (χ4n) is 4.75. The van der Waals surface area contributed by atoms with Crippen molar-refractivity contribution in [1.82, 2.24) is 0 Å². The van der Waals surface area contributed by atoms with Crippen LogP contribution in [0.5, 0.6) is 0 Å². The Bertz CT molecular complexity index is 1610. The third-order valence-corrected chi connectivity index (χ3v) is 6.77. The van der Waals surface area contributed by atoms with Crippen molar-refractivity contribution in [3.63, 3.8) is 0 Å². The molecule has 0 aromatic heterocycles. The van der Waals surface area contributed by atoms with Gasteiger partial charge in [0.05, 0.1) is 0 Å². The van der Waals surface area contributed by atoms with Crippen LogP contribution in [0.1, 0.15) is 0 Å². The maximum atomic E-state index is 6.14. The van der Waals surface area contributed by atoms with E-state index in [1.807, 2.05) is 6.07 Å². The Labute approximate surface area is 248 Å². The van der Waals surface area contributed by atoms with Crippen molar-refractivity contribution >= 4 is 34.2 Å². The van der Waals surface area contributed by atoms with Crippen LogP contribution in [0.25, 0.3) is 54.9 Å². The monoisotopic (exact) mass is 476 g/mol. The largest absolute Gasteiger partial charge is 1.00 e. The smallest absolute Gasteiger partial charge is 0.778 e. The van der Waals surface area contributed by atoms with Gasteiger partial charge in [-0.3, -0.25) is 0 Å². The van der Waals surface area contributed by atoms with Crippen LogP contribution in [0.15, 0.2) is 132 Å². The van der Waals surface area contributed by atoms with Crippen LogP contribution in [0.2, 0.25) is 0 Å². The van der Waals surface area contributed by atoms with Crippen molar-refractivity contribution in [2.75, 3.05) is 0 Å². The molecule has 0 atom stereocenters. The summed E-state index contributed by atoms with van der Waals surface area (Å²) in [5, 5.41) is 4.99. The third kappa shape index (κ3) is 4.27. The second-order valence-corrected chi connectivity index (χ2v) is 8.73. The molecular formula is C32H21KS. The Morgan fingerprint density at radius 3 is 1.68 bits per heavy atom. The Balaban J connectivity index is 0.00000241. The zero-order chi connectivity index (χ0) is 22.2. The molecule has 0 aliphatic heterocycles. The third-order valence-electron chi connectivity index (χ3n) is 6.34. The summed E-state index contributed by atoms with van der Waals surface area (Å²) in [6, 6.07) is 45.1. The molecule has 156 valence electrons. The molecule has 0 N–H and O–H groups in total. The van der Waals surface area contributed by atoms with Crippen LogP contribution in [-0.4, -0.2) is 0 Å². The van der Waals surface area contributed by atoms with Gasteiger partial charge >= 0.3 is 51.4 Å². The van der Waals surface area contributed by atoms with Crippen molar-refractivity contribution in [3.05, 3.63) is 127 Å². The Morgan fingerprint density at radius 1 is 0.412 bits per heavy atom. The SMILES string of the molecule is [K+].[S-]c1c(-c2ccccc2)ccc(-c2cccc3cc4ccccc4cc23)c1-c1ccccc1. The first-order valence-corrected chi connectivity index (χ1v) is 11.6. The molecular weight excluding hydrogens is 456 g/mol. The fraction of sp³-hybridized carbons (Fsp3) is 0. The molecule has 0 nitrogen and oxygen atoms in total. The number of benzene rings is 6. The molecule has 0 aliphatic carbocycles. The summed E-state index contributed by atoms with van der Waals surface area (Å²) in [4.78, 5) is 0.891. The summed E-state index contributed by atoms with van der Waals surface area (Å²) in [6.45, 7) is 0. The number of hydrogen-bond acceptors (Lipinski definition) is 1. The van der Waals surface area contributed by atoms with Crippen LogP contribution in [0.4, 0.5) is 0 Å². The van der Waals surface area contributed by atoms with Gasteiger partial charge in [0.25, 0.3) is 0 Å². The molecule has 0 aliphatic rings. The maximum absolute atomic E-state index is 6.14. The second kappa shape index (κ2) is 10.1. The van der Waals surface area contributed by atoms with E-state index >= 15 is 0 Å². The average molecular weight is 477 g/mol. The Morgan fingerprint density at radius 2 is 0.971 bits per heavy atom. The van der Waals surface area contributed by atoms with Gasteiger partial charge in [0, 0.05) is 0 Å². The van der Waals surface area contributed by atoms with Gasteiger partial charge in [0.2, 0.25) is 0 Å². The molecule has 0 saturated carbocycles. The molecule has 0 radical (unpaired) electrons. The topological polar surface area (TPSA) is 0 Å². The Hall–Kier alpha value is -2.30. The van der Waals surface area contributed by atoms with E-state index in [4.69, 9.17) is 12.6 Å². The molecule has 0 fully saturated rings. The van der Waals surface area contributed by atoms with Crippen molar-refractivity contribution in [2.45, 2.75) is 4.90 Å². The molecule has 0 bridgehead atoms. The first-order valence-electron chi connectivity index (χ1n) is 11.2. The van der Waals surface area contributed by atoms with E-state index in [1.165, 1.54) is 32.7 Å². The van der Waals surface area contributed by atoms with Gasteiger partial charge < -0.3 is 12.6 Å². The minimum Gasteiger partial charge on any atom is -0.778 e. The summed E-state index contributed by atoms with van der Waals surface area (Å²) < 4.78 is 0. The first-order chi connectivity index (χ1) is 16.3. The van der Waals surface area contributed by atoms with E-state index in [1.54, 1.807) is 0 Å². The van der Waals surface area contributed by atoms with Gasteiger partial charge in [-0.1, -0.05) is 115 Å². The van der Waals surface area contributed by atoms with Crippen LogP contribution in [0, 0.1) is 0 Å². The van der Waals surface area contributed by atoms with Crippen molar-refractivity contribution in [2.24, 2.45) is 0 Å². The number of rotatable bonds is 3. The van der Waals surface area contributed by atoms with Gasteiger partial charge in [-0.25, -0.2) is 0 Å². The van der Waals surface area contributed by atoms with Crippen molar-refractivity contribution < 1.29 is 51.4 Å². The first kappa shape index (κ1) is 23.4. The van der Waals surface area contributed by atoms with Gasteiger partial charge in [-0.15, -0.1) is 0 Å². The van der Waals surface area contributed by atoms with Crippen LogP contribution < -0.4 is 51.4 Å². The fourth-order valence-corrected chi connectivity index (χ4v) is 5.16. The molecule has 0 saturated heterocycles. The minimum atomic E-state index is 0. The predicted molar refractivity (Wildman–Crippen MR) is 143 cm³/mol. The summed E-state index contributed by atoms with van der Waals surface area (Å²) >= 11 is 6.14. The number of hydrogen-bond donors (Lipinski definition) is 0. The van der Waals surface area contributed by atoms with E-state index in [0.717, 1.165) is 27.1 Å². The standard InChI is InChI=1S/C32H22S.K/c33-32-27(22-10-3-1-4-11-22)18-19-29(31(32)23-12-5-2-6-13-23)28-17-9-16-26-20-24-14-7-8-15-25(24)21-30(26)28;/h1-21,33H;/q;+1/p-1. The van der Waals surface area contributed by atoms with E-state index in [2.05, 4.69) is 121 Å². The van der Waals surface area contributed by atoms with Gasteiger partial charge in [-0.05, 0) is 67.1 Å². The molecule has 0 spiro atoms. The zero-order valence-electron chi connectivity index (χ0n) is 19.0. The maximum Gasteiger partial charge on any atom is 1.00 e. The normalized spacial score (nSPS) is 10.8. The minimum absolute atomic E-state index is 0. The zero-order valence-corrected chi connectivity index (χ0v) is 23.0. The van der Waals surface area contributed by atoms with Gasteiger partial charge in [0.1, 0.15) is 0 Å². The van der Waals surface area contributed by atoms with Gasteiger partial charge in [-0.2, -0.15) is 4.90 Å². The molecule has 6 rings (SSSR count). The Kier molecular flexibility index (Phi) is 6.98. The van der Waals surface area contributed by atoms with Gasteiger partial charge in [0.15, 0.2) is 0 Å². The van der Waals surface area contributed by atoms with Crippen molar-refractivity contribution in [3.8, 4) is 33.4 Å². The van der Waals surface area contributed by atoms with Crippen molar-refractivity contribution in [1.29, 1.82) is 0 Å². The molecule has 0 amide bonds. The van der Waals surface area contributed by atoms with Crippen LogP contribution >= 0.6 is 0 Å². The van der Waals surface area contributed by atoms with E-state index < -0.39 is 0 Å². The van der Waals surface area contributed by atoms with E-state index in [9.17, 15) is 0 Å². The number of fused-ring (bicyclic) bond motifs is 2. The van der Waals surface area contributed by atoms with E-state index in [-0.39, 0.29) is 51.4 Å². The quantitative estimate of drug-likeness (QED) is 0.174. The molecule has 6 aromatic carbocycles. The summed E-state index contributed by atoms with van der Waals surface area (Å²) in [7, 11) is 0. The average Bonchev–Trinajstić information content (AvgIpc) is 2.88. The molecule has 6 aromatic rings. The van der Waals surface area contributed by atoms with E-state index in [0.29, 0.717) is 0 Å². The molecule has 0 unspecified atom stereocenters. The predicted octanol–water partition coefficient (Wildman–Crippen LogP) is 5.90. The summed E-state index contributed by atoms with van der Waals surface area (Å²) in [5.74, 6) is 0.